The van der Waals surface area contributed by atoms with E-state index in [0.29, 0.717) is 17.1 Å². The number of H-pyrrole nitrogens is 1. The van der Waals surface area contributed by atoms with Gasteiger partial charge in [-0.25, -0.2) is 4.79 Å². The van der Waals surface area contributed by atoms with E-state index in [1.54, 1.807) is 18.7 Å². The first-order valence-corrected chi connectivity index (χ1v) is 7.16. The van der Waals surface area contributed by atoms with Crippen molar-refractivity contribution in [1.82, 2.24) is 19.1 Å². The topological polar surface area (TPSA) is 111 Å². The van der Waals surface area contributed by atoms with Crippen LogP contribution in [0.1, 0.15) is 25.7 Å². The van der Waals surface area contributed by atoms with Crippen molar-refractivity contribution >= 4 is 17.1 Å². The number of hydrogen-bond acceptors (Lipinski definition) is 5. The number of nitrogens with one attached hydrogen (secondary N) is 2. The van der Waals surface area contributed by atoms with Crippen LogP contribution in [0.2, 0.25) is 0 Å². The Labute approximate surface area is 122 Å². The minimum Gasteiger partial charge on any atom is -0.356 e. The minimum absolute atomic E-state index is 0.386. The van der Waals surface area contributed by atoms with Gasteiger partial charge in [-0.1, -0.05) is 12.8 Å². The molecule has 4 N–H and O–H groups in total. The van der Waals surface area contributed by atoms with Crippen LogP contribution in [0.15, 0.2) is 9.59 Å². The summed E-state index contributed by atoms with van der Waals surface area (Å²) < 4.78 is 3.01. The summed E-state index contributed by atoms with van der Waals surface area (Å²) in [6, 6.07) is 0. The van der Waals surface area contributed by atoms with Crippen molar-refractivity contribution in [1.29, 1.82) is 0 Å². The normalized spacial score (nSPS) is 11.2. The smallest absolute Gasteiger partial charge is 0.329 e. The monoisotopic (exact) mass is 294 g/mol. The van der Waals surface area contributed by atoms with Gasteiger partial charge >= 0.3 is 5.69 Å². The van der Waals surface area contributed by atoms with Crippen molar-refractivity contribution in [3.63, 3.8) is 0 Å². The quantitative estimate of drug-likeness (QED) is 0.617. The third-order valence-corrected chi connectivity index (χ3v) is 3.55. The molecule has 0 aliphatic carbocycles. The van der Waals surface area contributed by atoms with E-state index in [2.05, 4.69) is 15.3 Å². The number of aromatic amines is 1. The molecular weight excluding hydrogens is 272 g/mol. The van der Waals surface area contributed by atoms with Gasteiger partial charge in [-0.05, 0) is 19.4 Å². The van der Waals surface area contributed by atoms with Crippen molar-refractivity contribution in [2.75, 3.05) is 18.4 Å². The molecule has 2 rings (SSSR count). The summed E-state index contributed by atoms with van der Waals surface area (Å²) in [4.78, 5) is 30.0. The highest BCUT2D eigenvalue weighted by atomic mass is 16.2. The summed E-state index contributed by atoms with van der Waals surface area (Å²) in [5.41, 5.74) is 5.35. The van der Waals surface area contributed by atoms with Crippen LogP contribution in [0.4, 0.5) is 5.95 Å². The number of rotatable bonds is 7. The molecule has 2 heterocycles. The number of hydrogen-bond donors (Lipinski definition) is 3. The molecule has 2 aromatic rings. The Morgan fingerprint density at radius 1 is 1.14 bits per heavy atom. The molecule has 0 saturated carbocycles. The summed E-state index contributed by atoms with van der Waals surface area (Å²) in [7, 11) is 3.34. The molecule has 2 aromatic heterocycles. The van der Waals surface area contributed by atoms with Crippen LogP contribution < -0.4 is 22.3 Å². The Morgan fingerprint density at radius 3 is 2.57 bits per heavy atom. The molecule has 116 valence electrons. The third-order valence-electron chi connectivity index (χ3n) is 3.55. The number of aryl methyl sites for hydroxylation is 2. The molecule has 0 aliphatic rings. The molecule has 0 unspecified atom stereocenters. The van der Waals surface area contributed by atoms with E-state index in [-0.39, 0.29) is 0 Å². The molecule has 0 radical (unpaired) electrons. The van der Waals surface area contributed by atoms with Crippen LogP contribution in [0.5, 0.6) is 0 Å². The van der Waals surface area contributed by atoms with Gasteiger partial charge in [0.15, 0.2) is 11.2 Å². The summed E-state index contributed by atoms with van der Waals surface area (Å²) in [5.74, 6) is 0.593. The van der Waals surface area contributed by atoms with E-state index in [1.807, 2.05) is 0 Å². The zero-order valence-corrected chi connectivity index (χ0v) is 12.5. The second kappa shape index (κ2) is 6.57. The second-order valence-corrected chi connectivity index (χ2v) is 5.11. The number of nitrogens with zero attached hydrogens (tertiary/aromatic N) is 3. The predicted molar refractivity (Wildman–Crippen MR) is 82.6 cm³/mol. The van der Waals surface area contributed by atoms with E-state index in [4.69, 9.17) is 5.73 Å². The first kappa shape index (κ1) is 15.3. The average Bonchev–Trinajstić information content (AvgIpc) is 2.78. The molecule has 0 spiro atoms. The number of aromatic nitrogens is 4. The number of imidazole rings is 1. The minimum atomic E-state index is -0.459. The molecule has 21 heavy (non-hydrogen) atoms. The lowest BCUT2D eigenvalue weighted by Gasteiger charge is -2.05. The second-order valence-electron chi connectivity index (χ2n) is 5.11. The molecule has 0 aromatic carbocycles. The summed E-state index contributed by atoms with van der Waals surface area (Å²) in [6.07, 6.45) is 4.28. The Hall–Kier alpha value is -2.09. The zero-order chi connectivity index (χ0) is 15.4. The van der Waals surface area contributed by atoms with E-state index in [0.717, 1.165) is 38.8 Å². The van der Waals surface area contributed by atoms with Crippen LogP contribution in [-0.2, 0) is 14.1 Å². The highest BCUT2D eigenvalue weighted by Gasteiger charge is 2.14. The molecule has 0 aliphatic heterocycles. The van der Waals surface area contributed by atoms with Crippen LogP contribution in [0.25, 0.3) is 11.2 Å². The van der Waals surface area contributed by atoms with Gasteiger partial charge in [0.25, 0.3) is 5.56 Å². The highest BCUT2D eigenvalue weighted by Crippen LogP contribution is 2.12. The average molecular weight is 294 g/mol. The third kappa shape index (κ3) is 3.15. The number of nitrogens with two attached hydrogens (primary N) is 1. The zero-order valence-electron chi connectivity index (χ0n) is 12.5. The molecule has 8 heteroatoms. The molecule has 0 saturated heterocycles. The van der Waals surface area contributed by atoms with Crippen LogP contribution in [0.3, 0.4) is 0 Å². The van der Waals surface area contributed by atoms with Gasteiger partial charge in [-0.2, -0.15) is 4.98 Å². The highest BCUT2D eigenvalue weighted by molar-refractivity contribution is 5.73. The molecule has 0 amide bonds. The fourth-order valence-corrected chi connectivity index (χ4v) is 2.29. The number of unbranched alkanes of at least 4 members (excludes halogenated alkanes) is 3. The van der Waals surface area contributed by atoms with E-state index in [1.165, 1.54) is 4.57 Å². The molecule has 8 nitrogen and oxygen atoms in total. The Balaban J connectivity index is 2.13. The van der Waals surface area contributed by atoms with Gasteiger partial charge < -0.3 is 15.6 Å². The lowest BCUT2D eigenvalue weighted by Crippen LogP contribution is -2.29. The van der Waals surface area contributed by atoms with E-state index < -0.39 is 11.2 Å². The van der Waals surface area contributed by atoms with Crippen molar-refractivity contribution in [3.05, 3.63) is 20.8 Å². The number of anilines is 1. The van der Waals surface area contributed by atoms with Gasteiger partial charge in [-0.3, -0.25) is 14.3 Å². The van der Waals surface area contributed by atoms with Crippen molar-refractivity contribution in [2.24, 2.45) is 19.8 Å². The lowest BCUT2D eigenvalue weighted by atomic mass is 10.2. The van der Waals surface area contributed by atoms with Crippen molar-refractivity contribution in [2.45, 2.75) is 25.7 Å². The number of fused-ring (bicyclic) bond motifs is 1. The van der Waals surface area contributed by atoms with Crippen LogP contribution in [0, 0.1) is 0 Å². The van der Waals surface area contributed by atoms with E-state index in [9.17, 15) is 9.59 Å². The summed E-state index contributed by atoms with van der Waals surface area (Å²) in [5, 5.41) is 3.21. The van der Waals surface area contributed by atoms with Gasteiger partial charge in [0.1, 0.15) is 0 Å². The predicted octanol–water partition coefficient (Wildman–Crippen LogP) is -0.109. The van der Waals surface area contributed by atoms with Gasteiger partial charge in [0.05, 0.1) is 0 Å². The maximum atomic E-state index is 11.9. The van der Waals surface area contributed by atoms with Crippen LogP contribution >= 0.6 is 0 Å². The Kier molecular flexibility index (Phi) is 4.79. The van der Waals surface area contributed by atoms with E-state index >= 15 is 0 Å². The summed E-state index contributed by atoms with van der Waals surface area (Å²) in [6.45, 7) is 1.50. The molecule has 0 fully saturated rings. The maximum absolute atomic E-state index is 11.9. The fraction of sp³-hybridized carbons (Fsp3) is 0.615. The fourth-order valence-electron chi connectivity index (χ4n) is 2.29. The largest absolute Gasteiger partial charge is 0.356 e. The lowest BCUT2D eigenvalue weighted by molar-refractivity contribution is 0.659. The standard InChI is InChI=1S/C13H22N6O2/c1-18-9-10(19(2)13(21)17-11(9)20)16-12(18)15-8-6-4-3-5-7-14/h3-8,14H2,1-2H3,(H,15,16)(H,17,20,21). The Morgan fingerprint density at radius 2 is 1.86 bits per heavy atom. The molecular formula is C13H22N6O2. The first-order chi connectivity index (χ1) is 10.1. The molecule has 0 bridgehead atoms. The van der Waals surface area contributed by atoms with Gasteiger partial charge in [0, 0.05) is 20.6 Å². The van der Waals surface area contributed by atoms with Gasteiger partial charge in [0.2, 0.25) is 5.95 Å². The van der Waals surface area contributed by atoms with Crippen LogP contribution in [-0.4, -0.2) is 32.2 Å². The summed E-state index contributed by atoms with van der Waals surface area (Å²) >= 11 is 0. The van der Waals surface area contributed by atoms with Gasteiger partial charge in [-0.15, -0.1) is 0 Å². The van der Waals surface area contributed by atoms with Crippen molar-refractivity contribution in [3.8, 4) is 0 Å². The SMILES string of the molecule is Cn1c(NCCCCCCN)nc2c1c(=O)[nH]c(=O)n2C. The maximum Gasteiger partial charge on any atom is 0.329 e. The first-order valence-electron chi connectivity index (χ1n) is 7.16. The molecule has 0 atom stereocenters. The van der Waals surface area contributed by atoms with Crippen molar-refractivity contribution < 1.29 is 0 Å². The Bertz CT molecular complexity index is 727.